The number of hydrogen-bond acceptors (Lipinski definition) is 6. The summed E-state index contributed by atoms with van der Waals surface area (Å²) < 4.78 is 11.4. The molecule has 7 heteroatoms. The van der Waals surface area contributed by atoms with Gasteiger partial charge >= 0.3 is 5.97 Å². The second kappa shape index (κ2) is 22.5. The van der Waals surface area contributed by atoms with Crippen molar-refractivity contribution in [2.24, 2.45) is 5.84 Å². The second-order valence-electron chi connectivity index (χ2n) is 11.4. The molecule has 7 nitrogen and oxygen atoms in total. The average molecular weight is 582 g/mol. The van der Waals surface area contributed by atoms with Gasteiger partial charge in [-0.1, -0.05) is 109 Å². The Labute approximate surface area is 254 Å². The first-order valence-electron chi connectivity index (χ1n) is 16.3. The highest BCUT2D eigenvalue weighted by atomic mass is 16.5. The normalized spacial score (nSPS) is 10.8. The van der Waals surface area contributed by atoms with Gasteiger partial charge in [0.1, 0.15) is 18.9 Å². The summed E-state index contributed by atoms with van der Waals surface area (Å²) in [6.45, 7) is 4.89. The zero-order valence-corrected chi connectivity index (χ0v) is 26.2. The quantitative estimate of drug-likeness (QED) is 0.0498. The van der Waals surface area contributed by atoms with Gasteiger partial charge in [-0.05, 0) is 60.9 Å². The van der Waals surface area contributed by atoms with Crippen LogP contribution in [0.15, 0.2) is 42.5 Å². The number of esters is 1. The maximum absolute atomic E-state index is 12.2. The average Bonchev–Trinajstić information content (AvgIpc) is 3.00. The molecule has 42 heavy (non-hydrogen) atoms. The summed E-state index contributed by atoms with van der Waals surface area (Å²) >= 11 is 0. The van der Waals surface area contributed by atoms with Crippen molar-refractivity contribution in [3.63, 3.8) is 0 Å². The molecule has 0 bridgehead atoms. The number of nitrogen functional groups attached to an aromatic ring is 1. The molecule has 2 rings (SSSR count). The number of aryl methyl sites for hydroxylation is 1. The van der Waals surface area contributed by atoms with Crippen molar-refractivity contribution < 1.29 is 19.1 Å². The fraction of sp³-hybridized carbons (Fsp3) is 0.600. The summed E-state index contributed by atoms with van der Waals surface area (Å²) in [6.07, 6.45) is 21.6. The standard InChI is InChI=1S/C35H55N3O4/c1-3-4-5-6-7-8-9-10-11-12-13-14-15-16-17-18-23-41-33-25-29(2)24-30(26-33)28-42-34(39)27-37-35(40)31-19-21-32(38-36)22-20-31/h19-22,24-26,38H,3-18,23,27-28,36H2,1-2H3,(H,37,40). The van der Waals surface area contributed by atoms with Gasteiger partial charge in [0, 0.05) is 11.3 Å². The van der Waals surface area contributed by atoms with Crippen LogP contribution in [0.3, 0.4) is 0 Å². The van der Waals surface area contributed by atoms with Crippen molar-refractivity contribution in [1.82, 2.24) is 5.32 Å². The number of anilines is 1. The Morgan fingerprint density at radius 2 is 1.29 bits per heavy atom. The summed E-state index contributed by atoms with van der Waals surface area (Å²) in [7, 11) is 0. The second-order valence-corrected chi connectivity index (χ2v) is 11.4. The molecule has 0 saturated carbocycles. The van der Waals surface area contributed by atoms with Crippen molar-refractivity contribution >= 4 is 17.6 Å². The molecular formula is C35H55N3O4. The molecule has 0 atom stereocenters. The Morgan fingerprint density at radius 1 is 0.738 bits per heavy atom. The Balaban J connectivity index is 1.49. The Bertz CT molecular complexity index is 1010. The summed E-state index contributed by atoms with van der Waals surface area (Å²) in [5.41, 5.74) is 5.55. The molecule has 0 aliphatic rings. The van der Waals surface area contributed by atoms with E-state index in [0.29, 0.717) is 17.9 Å². The van der Waals surface area contributed by atoms with Gasteiger partial charge in [-0.3, -0.25) is 15.4 Å². The first kappa shape index (κ1) is 35.1. The van der Waals surface area contributed by atoms with E-state index in [0.717, 1.165) is 23.3 Å². The molecule has 0 saturated heterocycles. The van der Waals surface area contributed by atoms with Gasteiger partial charge in [-0.2, -0.15) is 0 Å². The number of amides is 1. The largest absolute Gasteiger partial charge is 0.494 e. The number of nitrogens with two attached hydrogens (primary N) is 1. The molecule has 0 aromatic heterocycles. The van der Waals surface area contributed by atoms with E-state index in [1.165, 1.54) is 96.3 Å². The maximum atomic E-state index is 12.2. The van der Waals surface area contributed by atoms with Crippen LogP contribution in [-0.2, 0) is 16.1 Å². The third kappa shape index (κ3) is 16.4. The minimum atomic E-state index is -0.499. The predicted octanol–water partition coefficient (Wildman–Crippen LogP) is 8.39. The fourth-order valence-corrected chi connectivity index (χ4v) is 5.02. The molecule has 0 spiro atoms. The molecule has 0 aliphatic heterocycles. The molecule has 4 N–H and O–H groups in total. The zero-order valence-electron chi connectivity index (χ0n) is 26.2. The summed E-state index contributed by atoms with van der Waals surface area (Å²) in [5, 5.41) is 2.58. The molecule has 2 aromatic carbocycles. The minimum Gasteiger partial charge on any atom is -0.494 e. The number of rotatable bonds is 24. The van der Waals surface area contributed by atoms with Gasteiger partial charge in [0.15, 0.2) is 0 Å². The van der Waals surface area contributed by atoms with Crippen molar-refractivity contribution in [2.45, 2.75) is 123 Å². The summed E-state index contributed by atoms with van der Waals surface area (Å²) in [4.78, 5) is 24.4. The van der Waals surface area contributed by atoms with Crippen LogP contribution in [0.25, 0.3) is 0 Å². The predicted molar refractivity (Wildman–Crippen MR) is 173 cm³/mol. The monoisotopic (exact) mass is 581 g/mol. The molecule has 0 heterocycles. The highest BCUT2D eigenvalue weighted by molar-refractivity contribution is 5.96. The molecule has 2 aromatic rings. The van der Waals surface area contributed by atoms with E-state index < -0.39 is 5.97 Å². The van der Waals surface area contributed by atoms with Crippen LogP contribution in [0.1, 0.15) is 131 Å². The Hall–Kier alpha value is -3.06. The zero-order chi connectivity index (χ0) is 30.3. The van der Waals surface area contributed by atoms with Crippen LogP contribution in [-0.4, -0.2) is 25.0 Å². The highest BCUT2D eigenvalue weighted by Crippen LogP contribution is 2.19. The van der Waals surface area contributed by atoms with Gasteiger partial charge in [-0.25, -0.2) is 0 Å². The topological polar surface area (TPSA) is 103 Å². The number of carbonyl (C=O) groups is 2. The van der Waals surface area contributed by atoms with E-state index in [1.54, 1.807) is 24.3 Å². The van der Waals surface area contributed by atoms with Gasteiger partial charge in [-0.15, -0.1) is 0 Å². The molecular weight excluding hydrogens is 526 g/mol. The van der Waals surface area contributed by atoms with E-state index in [1.807, 2.05) is 25.1 Å². The first-order valence-corrected chi connectivity index (χ1v) is 16.3. The van der Waals surface area contributed by atoms with Crippen LogP contribution in [0.4, 0.5) is 5.69 Å². The minimum absolute atomic E-state index is 0.128. The number of carbonyl (C=O) groups excluding carboxylic acids is 2. The van der Waals surface area contributed by atoms with Gasteiger partial charge < -0.3 is 20.2 Å². The van der Waals surface area contributed by atoms with Crippen LogP contribution >= 0.6 is 0 Å². The molecule has 0 fully saturated rings. The van der Waals surface area contributed by atoms with E-state index in [2.05, 4.69) is 17.7 Å². The van der Waals surface area contributed by atoms with E-state index >= 15 is 0 Å². The number of benzene rings is 2. The third-order valence-electron chi connectivity index (χ3n) is 7.48. The number of unbranched alkanes of at least 4 members (excludes halogenated alkanes) is 15. The summed E-state index contributed by atoms with van der Waals surface area (Å²) in [6, 6.07) is 12.5. The number of hydrogen-bond donors (Lipinski definition) is 3. The Morgan fingerprint density at radius 3 is 1.83 bits per heavy atom. The lowest BCUT2D eigenvalue weighted by Gasteiger charge is -2.11. The lowest BCUT2D eigenvalue weighted by molar-refractivity contribution is -0.143. The molecule has 0 radical (unpaired) electrons. The Kier molecular flexibility index (Phi) is 18.8. The van der Waals surface area contributed by atoms with Gasteiger partial charge in [0.05, 0.1) is 6.61 Å². The maximum Gasteiger partial charge on any atom is 0.325 e. The van der Waals surface area contributed by atoms with Crippen LogP contribution in [0, 0.1) is 6.92 Å². The lowest BCUT2D eigenvalue weighted by atomic mass is 10.0. The lowest BCUT2D eigenvalue weighted by Crippen LogP contribution is -2.30. The van der Waals surface area contributed by atoms with Crippen LogP contribution in [0.2, 0.25) is 0 Å². The van der Waals surface area contributed by atoms with Gasteiger partial charge in [0.2, 0.25) is 0 Å². The first-order chi connectivity index (χ1) is 20.5. The summed E-state index contributed by atoms with van der Waals surface area (Å²) in [5.74, 6) is 5.28. The van der Waals surface area contributed by atoms with Crippen molar-refractivity contribution in [2.75, 3.05) is 18.6 Å². The smallest absolute Gasteiger partial charge is 0.325 e. The third-order valence-corrected chi connectivity index (χ3v) is 7.48. The van der Waals surface area contributed by atoms with E-state index in [-0.39, 0.29) is 19.1 Å². The van der Waals surface area contributed by atoms with Crippen LogP contribution < -0.4 is 21.3 Å². The van der Waals surface area contributed by atoms with Crippen molar-refractivity contribution in [3.8, 4) is 5.75 Å². The molecule has 0 aliphatic carbocycles. The highest BCUT2D eigenvalue weighted by Gasteiger charge is 2.10. The van der Waals surface area contributed by atoms with Crippen LogP contribution in [0.5, 0.6) is 5.75 Å². The van der Waals surface area contributed by atoms with Crippen molar-refractivity contribution in [1.29, 1.82) is 0 Å². The van der Waals surface area contributed by atoms with E-state index in [9.17, 15) is 9.59 Å². The molecule has 234 valence electrons. The SMILES string of the molecule is CCCCCCCCCCCCCCCCCCOc1cc(C)cc(COC(=O)CNC(=O)c2ccc(NN)cc2)c1. The van der Waals surface area contributed by atoms with Crippen molar-refractivity contribution in [3.05, 3.63) is 59.2 Å². The van der Waals surface area contributed by atoms with E-state index in [4.69, 9.17) is 15.3 Å². The number of ether oxygens (including phenoxy) is 2. The fourth-order valence-electron chi connectivity index (χ4n) is 5.02. The van der Waals surface area contributed by atoms with Gasteiger partial charge in [0.25, 0.3) is 5.91 Å². The number of hydrazine groups is 1. The molecule has 1 amide bonds. The molecule has 0 unspecified atom stereocenters. The number of nitrogens with one attached hydrogen (secondary N) is 2.